The van der Waals surface area contributed by atoms with Gasteiger partial charge in [-0.15, -0.1) is 0 Å². The molecule has 2 amide bonds. The number of piperidine rings is 1. The molecule has 0 spiro atoms. The number of carbonyl (C=O) groups excluding carboxylic acids is 2. The van der Waals surface area contributed by atoms with Gasteiger partial charge in [-0.05, 0) is 49.4 Å². The number of aromatic nitrogens is 1. The topological polar surface area (TPSA) is 74.7 Å². The predicted octanol–water partition coefficient (Wildman–Crippen LogP) is 3.07. The number of amides is 2. The quantitative estimate of drug-likeness (QED) is 0.718. The number of nitrogens with one attached hydrogen (secondary N) is 1. The van der Waals surface area contributed by atoms with Crippen molar-refractivity contribution in [1.82, 2.24) is 9.88 Å². The first kappa shape index (κ1) is 21.1. The number of nitrogens with zero attached hydrogens (tertiary/aromatic N) is 3. The van der Waals surface area contributed by atoms with Crippen LogP contribution in [0.15, 0.2) is 41.3 Å². The Morgan fingerprint density at radius 3 is 2.22 bits per heavy atom. The van der Waals surface area contributed by atoms with Gasteiger partial charge in [0.2, 0.25) is 11.8 Å². The zero-order chi connectivity index (χ0) is 22.2. The van der Waals surface area contributed by atoms with Crippen LogP contribution in [0.1, 0.15) is 49.6 Å². The van der Waals surface area contributed by atoms with Gasteiger partial charge in [0.25, 0.3) is 5.56 Å². The Kier molecular flexibility index (Phi) is 5.67. The molecule has 1 aromatic carbocycles. The molecular weight excluding hydrogens is 428 g/mol. The predicted molar refractivity (Wildman–Crippen MR) is 125 cm³/mol. The summed E-state index contributed by atoms with van der Waals surface area (Å²) in [6, 6.07) is 10.00. The Balaban J connectivity index is 1.31. The van der Waals surface area contributed by atoms with E-state index in [-0.39, 0.29) is 17.4 Å². The van der Waals surface area contributed by atoms with E-state index in [9.17, 15) is 14.4 Å². The normalized spacial score (nSPS) is 22.0. The highest BCUT2D eigenvalue weighted by Crippen LogP contribution is 2.37. The Morgan fingerprint density at radius 2 is 1.56 bits per heavy atom. The lowest BCUT2D eigenvalue weighted by molar-refractivity contribution is -0.134. The maximum Gasteiger partial charge on any atom is 0.274 e. The molecule has 1 aromatic heterocycles. The second kappa shape index (κ2) is 8.62. The number of carbonyl (C=O) groups is 2. The molecule has 3 aliphatic rings. The van der Waals surface area contributed by atoms with Crippen molar-refractivity contribution in [3.8, 4) is 0 Å². The van der Waals surface area contributed by atoms with Crippen LogP contribution in [0, 0.1) is 0 Å². The van der Waals surface area contributed by atoms with Crippen molar-refractivity contribution in [1.29, 1.82) is 0 Å². The molecule has 168 valence electrons. The Morgan fingerprint density at radius 1 is 0.875 bits per heavy atom. The van der Waals surface area contributed by atoms with Crippen LogP contribution in [-0.2, 0) is 9.59 Å². The van der Waals surface area contributed by atoms with E-state index in [2.05, 4.69) is 15.1 Å². The van der Waals surface area contributed by atoms with Crippen molar-refractivity contribution >= 4 is 34.8 Å². The molecule has 5 rings (SSSR count). The highest BCUT2D eigenvalue weighted by atomic mass is 35.5. The van der Waals surface area contributed by atoms with Gasteiger partial charge in [-0.25, -0.2) is 0 Å². The summed E-state index contributed by atoms with van der Waals surface area (Å²) in [5.74, 6) is -0.917. The number of imide groups is 1. The summed E-state index contributed by atoms with van der Waals surface area (Å²) < 4.78 is 1.89. The minimum Gasteiger partial charge on any atom is -0.367 e. The van der Waals surface area contributed by atoms with E-state index in [1.165, 1.54) is 6.42 Å². The van der Waals surface area contributed by atoms with E-state index in [1.807, 2.05) is 41.1 Å². The molecule has 32 heavy (non-hydrogen) atoms. The van der Waals surface area contributed by atoms with Crippen LogP contribution in [0.25, 0.3) is 0 Å². The van der Waals surface area contributed by atoms with E-state index < -0.39 is 5.92 Å². The molecule has 1 atom stereocenters. The zero-order valence-electron chi connectivity index (χ0n) is 17.9. The average molecular weight is 455 g/mol. The first-order valence-corrected chi connectivity index (χ1v) is 11.7. The van der Waals surface area contributed by atoms with Crippen LogP contribution >= 0.6 is 11.6 Å². The fourth-order valence-corrected chi connectivity index (χ4v) is 5.30. The van der Waals surface area contributed by atoms with Gasteiger partial charge < -0.3 is 14.4 Å². The molecule has 1 aliphatic carbocycles. The van der Waals surface area contributed by atoms with Crippen LogP contribution in [0.5, 0.6) is 0 Å². The molecular formula is C24H27ClN4O3. The Bertz CT molecular complexity index is 1100. The molecule has 2 aromatic rings. The molecule has 8 heteroatoms. The van der Waals surface area contributed by atoms with E-state index >= 15 is 0 Å². The van der Waals surface area contributed by atoms with Gasteiger partial charge in [0.15, 0.2) is 0 Å². The standard InChI is InChI=1S/C24H27ClN4O3/c25-22-17(18-9-10-21(30)26-23(18)31)6-2-7-19(22)27-12-14-28(15-13-27)20-8-3-11-29(24(20)32)16-4-1-5-16/h2-3,6-8,11,16,18H,1,4-5,9-10,12-15H2,(H,26,30,31). The molecule has 0 radical (unpaired) electrons. The first-order valence-electron chi connectivity index (χ1n) is 11.4. The molecule has 2 saturated heterocycles. The number of anilines is 2. The fraction of sp³-hybridized carbons (Fsp3) is 0.458. The van der Waals surface area contributed by atoms with E-state index in [1.54, 1.807) is 0 Å². The van der Waals surface area contributed by atoms with Crippen LogP contribution in [0.2, 0.25) is 5.02 Å². The van der Waals surface area contributed by atoms with Gasteiger partial charge in [-0.1, -0.05) is 23.7 Å². The molecule has 2 aliphatic heterocycles. The highest BCUT2D eigenvalue weighted by molar-refractivity contribution is 6.34. The van der Waals surface area contributed by atoms with Crippen molar-refractivity contribution in [3.05, 3.63) is 57.5 Å². The van der Waals surface area contributed by atoms with Gasteiger partial charge in [-0.3, -0.25) is 19.7 Å². The fourth-order valence-electron chi connectivity index (χ4n) is 4.92. The Hall–Kier alpha value is -2.80. The molecule has 1 N–H and O–H groups in total. The van der Waals surface area contributed by atoms with Crippen molar-refractivity contribution < 1.29 is 9.59 Å². The highest BCUT2D eigenvalue weighted by Gasteiger charge is 2.31. The number of hydrogen-bond donors (Lipinski definition) is 1. The maximum atomic E-state index is 13.0. The summed E-state index contributed by atoms with van der Waals surface area (Å²) in [6.07, 6.45) is 6.07. The van der Waals surface area contributed by atoms with Crippen molar-refractivity contribution in [3.63, 3.8) is 0 Å². The summed E-state index contributed by atoms with van der Waals surface area (Å²) in [5, 5.41) is 2.99. The molecule has 7 nitrogen and oxygen atoms in total. The minimum absolute atomic E-state index is 0.100. The van der Waals surface area contributed by atoms with Gasteiger partial charge >= 0.3 is 0 Å². The molecule has 3 fully saturated rings. The number of rotatable bonds is 4. The number of piperazine rings is 1. The lowest BCUT2D eigenvalue weighted by Crippen LogP contribution is -2.48. The maximum absolute atomic E-state index is 13.0. The van der Waals surface area contributed by atoms with Crippen LogP contribution in [-0.4, -0.2) is 42.6 Å². The molecule has 3 heterocycles. The van der Waals surface area contributed by atoms with Crippen molar-refractivity contribution in [2.45, 2.75) is 44.1 Å². The van der Waals surface area contributed by atoms with E-state index in [4.69, 9.17) is 11.6 Å². The zero-order valence-corrected chi connectivity index (χ0v) is 18.7. The summed E-state index contributed by atoms with van der Waals surface area (Å²) in [4.78, 5) is 41.2. The van der Waals surface area contributed by atoms with Gasteiger partial charge in [-0.2, -0.15) is 0 Å². The summed E-state index contributed by atoms with van der Waals surface area (Å²) in [6.45, 7) is 2.92. The third kappa shape index (κ3) is 3.79. The lowest BCUT2D eigenvalue weighted by Gasteiger charge is -2.38. The minimum atomic E-state index is -0.407. The number of halogens is 1. The monoisotopic (exact) mass is 454 g/mol. The van der Waals surface area contributed by atoms with Crippen molar-refractivity contribution in [2.24, 2.45) is 0 Å². The van der Waals surface area contributed by atoms with E-state index in [0.29, 0.717) is 23.9 Å². The van der Waals surface area contributed by atoms with Gasteiger partial charge in [0.05, 0.1) is 16.6 Å². The second-order valence-corrected chi connectivity index (χ2v) is 9.23. The van der Waals surface area contributed by atoms with Crippen LogP contribution < -0.4 is 20.7 Å². The largest absolute Gasteiger partial charge is 0.367 e. The third-order valence-electron chi connectivity index (χ3n) is 7.01. The van der Waals surface area contributed by atoms with Gasteiger partial charge in [0.1, 0.15) is 5.69 Å². The SMILES string of the molecule is O=C1CCC(c2cccc(N3CCN(c4cccn(C5CCC5)c4=O)CC3)c2Cl)C(=O)N1. The molecule has 1 unspecified atom stereocenters. The summed E-state index contributed by atoms with van der Waals surface area (Å²) >= 11 is 6.76. The van der Waals surface area contributed by atoms with E-state index in [0.717, 1.165) is 56.0 Å². The smallest absolute Gasteiger partial charge is 0.274 e. The third-order valence-corrected chi connectivity index (χ3v) is 7.42. The van der Waals surface area contributed by atoms with Crippen molar-refractivity contribution in [2.75, 3.05) is 36.0 Å². The van der Waals surface area contributed by atoms with Crippen LogP contribution in [0.4, 0.5) is 11.4 Å². The average Bonchev–Trinajstić information content (AvgIpc) is 2.75. The Labute approximate surface area is 192 Å². The van der Waals surface area contributed by atoms with Gasteiger partial charge in [0, 0.05) is 44.8 Å². The number of benzene rings is 1. The first-order chi connectivity index (χ1) is 15.5. The summed E-state index contributed by atoms with van der Waals surface area (Å²) in [5.41, 5.74) is 2.53. The molecule has 1 saturated carbocycles. The second-order valence-electron chi connectivity index (χ2n) is 8.85. The van der Waals surface area contributed by atoms with Crippen LogP contribution in [0.3, 0.4) is 0 Å². The molecule has 0 bridgehead atoms. The number of pyridine rings is 1. The summed E-state index contributed by atoms with van der Waals surface area (Å²) in [7, 11) is 0. The number of hydrogen-bond acceptors (Lipinski definition) is 5. The lowest BCUT2D eigenvalue weighted by atomic mass is 9.90.